The van der Waals surface area contributed by atoms with E-state index in [1.54, 1.807) is 31.1 Å². The highest BCUT2D eigenvalue weighted by Gasteiger charge is 2.02. The van der Waals surface area contributed by atoms with E-state index in [2.05, 4.69) is 17.2 Å². The van der Waals surface area contributed by atoms with Crippen LogP contribution in [0.1, 0.15) is 19.0 Å². The first-order valence-electron chi connectivity index (χ1n) is 5.59. The Hall–Kier alpha value is -1.23. The van der Waals surface area contributed by atoms with Crippen molar-refractivity contribution < 1.29 is 9.53 Å². The Balaban J connectivity index is 2.31. The zero-order valence-corrected chi connectivity index (χ0v) is 11.0. The summed E-state index contributed by atoms with van der Waals surface area (Å²) in [6.07, 6.45) is 2.23. The molecule has 0 saturated carbocycles. The maximum Gasteiger partial charge on any atom is 0.221 e. The molecule has 1 heterocycles. The van der Waals surface area contributed by atoms with Crippen LogP contribution in [0.15, 0.2) is 18.3 Å². The minimum atomic E-state index is 0.0653. The number of ether oxygens (including phenoxy) is 1. The number of carbonyl (C=O) groups excluding carboxylic acids is 1. The fourth-order valence-corrected chi connectivity index (χ4v) is 1.88. The topological polar surface area (TPSA) is 51.2 Å². The van der Waals surface area contributed by atoms with Gasteiger partial charge in [0.1, 0.15) is 5.75 Å². The van der Waals surface area contributed by atoms with Crippen LogP contribution in [0.2, 0.25) is 0 Å². The van der Waals surface area contributed by atoms with Crippen molar-refractivity contribution >= 4 is 17.7 Å². The quantitative estimate of drug-likeness (QED) is 0.754. The smallest absolute Gasteiger partial charge is 0.221 e. The van der Waals surface area contributed by atoms with E-state index >= 15 is 0 Å². The van der Waals surface area contributed by atoms with E-state index in [4.69, 9.17) is 4.74 Å². The number of rotatable bonds is 7. The van der Waals surface area contributed by atoms with Crippen molar-refractivity contribution in [1.82, 2.24) is 10.3 Å². The Morgan fingerprint density at radius 1 is 1.59 bits per heavy atom. The molecule has 0 spiro atoms. The normalized spacial score (nSPS) is 10.0. The zero-order chi connectivity index (χ0) is 12.5. The Bertz CT molecular complexity index is 358. The first-order valence-corrected chi connectivity index (χ1v) is 6.75. The summed E-state index contributed by atoms with van der Waals surface area (Å²) < 4.78 is 5.09. The minimum absolute atomic E-state index is 0.0653. The highest BCUT2D eigenvalue weighted by Crippen LogP contribution is 2.09. The minimum Gasteiger partial charge on any atom is -0.497 e. The monoisotopic (exact) mass is 254 g/mol. The van der Waals surface area contributed by atoms with Crippen LogP contribution in [0, 0.1) is 0 Å². The summed E-state index contributed by atoms with van der Waals surface area (Å²) in [6.45, 7) is 2.54. The van der Waals surface area contributed by atoms with E-state index in [1.807, 2.05) is 6.07 Å². The number of carbonyl (C=O) groups is 1. The van der Waals surface area contributed by atoms with Crippen LogP contribution in [0.5, 0.6) is 5.75 Å². The number of pyridine rings is 1. The molecule has 5 heteroatoms. The van der Waals surface area contributed by atoms with Crippen LogP contribution >= 0.6 is 11.8 Å². The third-order valence-corrected chi connectivity index (χ3v) is 3.07. The summed E-state index contributed by atoms with van der Waals surface area (Å²) in [4.78, 5) is 15.6. The highest BCUT2D eigenvalue weighted by atomic mass is 32.2. The lowest BCUT2D eigenvalue weighted by Crippen LogP contribution is -2.23. The van der Waals surface area contributed by atoms with Gasteiger partial charge < -0.3 is 10.1 Å². The summed E-state index contributed by atoms with van der Waals surface area (Å²) in [5.74, 6) is 2.74. The fourth-order valence-electron chi connectivity index (χ4n) is 1.27. The highest BCUT2D eigenvalue weighted by molar-refractivity contribution is 7.99. The lowest BCUT2D eigenvalue weighted by Gasteiger charge is -2.05. The SMILES string of the molecule is CCSCCC(=O)NCc1cc(OC)ccn1. The van der Waals surface area contributed by atoms with Gasteiger partial charge in [0.05, 0.1) is 19.3 Å². The fraction of sp³-hybridized carbons (Fsp3) is 0.500. The molecule has 0 saturated heterocycles. The Labute approximate surface area is 106 Å². The molecule has 1 rings (SSSR count). The maximum absolute atomic E-state index is 11.5. The predicted molar refractivity (Wildman–Crippen MR) is 70.3 cm³/mol. The van der Waals surface area contributed by atoms with E-state index in [1.165, 1.54) is 0 Å². The molecule has 1 aromatic heterocycles. The van der Waals surface area contributed by atoms with Gasteiger partial charge in [-0.05, 0) is 11.8 Å². The Morgan fingerprint density at radius 3 is 3.12 bits per heavy atom. The molecule has 94 valence electrons. The van der Waals surface area contributed by atoms with Gasteiger partial charge in [0.2, 0.25) is 5.91 Å². The molecule has 1 amide bonds. The van der Waals surface area contributed by atoms with E-state index in [0.29, 0.717) is 13.0 Å². The number of methoxy groups -OCH3 is 1. The summed E-state index contributed by atoms with van der Waals surface area (Å²) in [6, 6.07) is 3.60. The van der Waals surface area contributed by atoms with E-state index in [-0.39, 0.29) is 5.91 Å². The van der Waals surface area contributed by atoms with Gasteiger partial charge in [0.25, 0.3) is 0 Å². The number of nitrogens with zero attached hydrogens (tertiary/aromatic N) is 1. The van der Waals surface area contributed by atoms with Gasteiger partial charge in [0.15, 0.2) is 0 Å². The third-order valence-electron chi connectivity index (χ3n) is 2.17. The molecule has 0 fully saturated rings. The van der Waals surface area contributed by atoms with Crippen LogP contribution in [-0.2, 0) is 11.3 Å². The van der Waals surface area contributed by atoms with Crippen molar-refractivity contribution in [3.63, 3.8) is 0 Å². The van der Waals surface area contributed by atoms with Gasteiger partial charge in [-0.1, -0.05) is 6.92 Å². The molecule has 17 heavy (non-hydrogen) atoms. The number of thioether (sulfide) groups is 1. The molecule has 4 nitrogen and oxygen atoms in total. The first-order chi connectivity index (χ1) is 8.26. The third kappa shape index (κ3) is 5.58. The van der Waals surface area contributed by atoms with Gasteiger partial charge >= 0.3 is 0 Å². The molecular weight excluding hydrogens is 236 g/mol. The molecule has 0 radical (unpaired) electrons. The largest absolute Gasteiger partial charge is 0.497 e. The zero-order valence-electron chi connectivity index (χ0n) is 10.2. The molecule has 0 aromatic carbocycles. The van der Waals surface area contributed by atoms with Crippen molar-refractivity contribution in [2.75, 3.05) is 18.6 Å². The number of hydrogen-bond donors (Lipinski definition) is 1. The van der Waals surface area contributed by atoms with Crippen molar-refractivity contribution in [3.05, 3.63) is 24.0 Å². The van der Waals surface area contributed by atoms with Gasteiger partial charge in [0, 0.05) is 24.4 Å². The molecule has 0 atom stereocenters. The summed E-state index contributed by atoms with van der Waals surface area (Å²) in [5, 5.41) is 2.84. The Morgan fingerprint density at radius 2 is 2.41 bits per heavy atom. The number of amides is 1. The number of aromatic nitrogens is 1. The maximum atomic E-state index is 11.5. The molecule has 0 aliphatic rings. The van der Waals surface area contributed by atoms with Crippen LogP contribution < -0.4 is 10.1 Å². The molecular formula is C12H18N2O2S. The number of nitrogens with one attached hydrogen (secondary N) is 1. The second kappa shape index (κ2) is 7.95. The molecule has 0 bridgehead atoms. The second-order valence-corrected chi connectivity index (χ2v) is 4.80. The standard InChI is InChI=1S/C12H18N2O2S/c1-3-17-7-5-12(15)14-9-10-8-11(16-2)4-6-13-10/h4,6,8H,3,5,7,9H2,1-2H3,(H,14,15). The Kier molecular flexibility index (Phi) is 6.47. The van der Waals surface area contributed by atoms with Crippen molar-refractivity contribution in [2.24, 2.45) is 0 Å². The molecule has 0 aliphatic heterocycles. The average Bonchev–Trinajstić information content (AvgIpc) is 2.37. The summed E-state index contributed by atoms with van der Waals surface area (Å²) >= 11 is 1.77. The summed E-state index contributed by atoms with van der Waals surface area (Å²) in [5.41, 5.74) is 0.806. The van der Waals surface area contributed by atoms with Crippen molar-refractivity contribution in [1.29, 1.82) is 0 Å². The van der Waals surface area contributed by atoms with Gasteiger partial charge in [-0.3, -0.25) is 9.78 Å². The molecule has 0 aliphatic carbocycles. The average molecular weight is 254 g/mol. The van der Waals surface area contributed by atoms with Crippen molar-refractivity contribution in [2.45, 2.75) is 19.9 Å². The van der Waals surface area contributed by atoms with Gasteiger partial charge in [-0.25, -0.2) is 0 Å². The van der Waals surface area contributed by atoms with Crippen LogP contribution in [0.3, 0.4) is 0 Å². The predicted octanol–water partition coefficient (Wildman–Crippen LogP) is 1.85. The van der Waals surface area contributed by atoms with Gasteiger partial charge in [-0.15, -0.1) is 0 Å². The van der Waals surface area contributed by atoms with Crippen LogP contribution in [0.4, 0.5) is 0 Å². The van der Waals surface area contributed by atoms with Crippen LogP contribution in [-0.4, -0.2) is 29.5 Å². The molecule has 1 N–H and O–H groups in total. The second-order valence-electron chi connectivity index (χ2n) is 3.41. The van der Waals surface area contributed by atoms with E-state index in [0.717, 1.165) is 22.9 Å². The lowest BCUT2D eigenvalue weighted by molar-refractivity contribution is -0.120. The lowest BCUT2D eigenvalue weighted by atomic mass is 10.3. The van der Waals surface area contributed by atoms with Gasteiger partial charge in [-0.2, -0.15) is 11.8 Å². The van der Waals surface area contributed by atoms with Crippen LogP contribution in [0.25, 0.3) is 0 Å². The summed E-state index contributed by atoms with van der Waals surface area (Å²) in [7, 11) is 1.61. The number of hydrogen-bond acceptors (Lipinski definition) is 4. The first kappa shape index (κ1) is 13.8. The van der Waals surface area contributed by atoms with Crippen molar-refractivity contribution in [3.8, 4) is 5.75 Å². The molecule has 0 unspecified atom stereocenters. The molecule has 1 aromatic rings. The van der Waals surface area contributed by atoms with E-state index in [9.17, 15) is 4.79 Å². The van der Waals surface area contributed by atoms with E-state index < -0.39 is 0 Å².